The number of carbonyl (C=O) groups is 2. The Hall–Kier alpha value is -2.59. The minimum absolute atomic E-state index is 0.136. The highest BCUT2D eigenvalue weighted by atomic mass is 79.9. The third-order valence-corrected chi connectivity index (χ3v) is 6.83. The summed E-state index contributed by atoms with van der Waals surface area (Å²) in [6.07, 6.45) is 1.81. The van der Waals surface area contributed by atoms with E-state index in [1.54, 1.807) is 62.6 Å². The summed E-state index contributed by atoms with van der Waals surface area (Å²) in [6.45, 7) is 3.75. The van der Waals surface area contributed by atoms with Crippen LogP contribution in [0.15, 0.2) is 53.0 Å². The zero-order valence-electron chi connectivity index (χ0n) is 19.2. The lowest BCUT2D eigenvalue weighted by atomic mass is 10.1. The van der Waals surface area contributed by atoms with Crippen LogP contribution in [0.25, 0.3) is 0 Å². The Morgan fingerprint density at radius 3 is 2.30 bits per heavy atom. The van der Waals surface area contributed by atoms with Gasteiger partial charge in [-0.2, -0.15) is 0 Å². The topological polar surface area (TPSA) is 96.0 Å². The molecule has 2 amide bonds. The number of hydrogen-bond donors (Lipinski definition) is 1. The largest absolute Gasteiger partial charge is 0.497 e. The van der Waals surface area contributed by atoms with Gasteiger partial charge in [0.05, 0.1) is 19.1 Å². The zero-order valence-corrected chi connectivity index (χ0v) is 21.6. The summed E-state index contributed by atoms with van der Waals surface area (Å²) >= 11 is 3.36. The number of nitrogens with zero attached hydrogens (tertiary/aromatic N) is 2. The average Bonchev–Trinajstić information content (AvgIpc) is 2.79. The number of ether oxygens (including phenoxy) is 1. The molecule has 0 aliphatic rings. The molecule has 0 saturated heterocycles. The van der Waals surface area contributed by atoms with Gasteiger partial charge >= 0.3 is 0 Å². The second-order valence-electron chi connectivity index (χ2n) is 7.56. The molecule has 10 heteroatoms. The van der Waals surface area contributed by atoms with Crippen LogP contribution in [0, 0.1) is 0 Å². The van der Waals surface area contributed by atoms with Gasteiger partial charge in [-0.3, -0.25) is 13.9 Å². The van der Waals surface area contributed by atoms with E-state index in [9.17, 15) is 18.0 Å². The van der Waals surface area contributed by atoms with Gasteiger partial charge in [-0.1, -0.05) is 31.2 Å². The highest BCUT2D eigenvalue weighted by molar-refractivity contribution is 9.10. The van der Waals surface area contributed by atoms with E-state index in [1.807, 2.05) is 6.92 Å². The number of sulfonamides is 1. The van der Waals surface area contributed by atoms with Gasteiger partial charge in [0.15, 0.2) is 0 Å². The summed E-state index contributed by atoms with van der Waals surface area (Å²) < 4.78 is 31.9. The van der Waals surface area contributed by atoms with Crippen molar-refractivity contribution in [3.05, 3.63) is 58.6 Å². The molecule has 2 rings (SSSR count). The molecule has 0 spiro atoms. The minimum Gasteiger partial charge on any atom is -0.497 e. The number of amides is 2. The number of methoxy groups -OCH3 is 1. The van der Waals surface area contributed by atoms with Crippen LogP contribution in [-0.2, 0) is 26.2 Å². The average molecular weight is 540 g/mol. The summed E-state index contributed by atoms with van der Waals surface area (Å²) in [7, 11) is -2.21. The Morgan fingerprint density at radius 1 is 1.12 bits per heavy atom. The van der Waals surface area contributed by atoms with Crippen molar-refractivity contribution < 1.29 is 22.7 Å². The van der Waals surface area contributed by atoms with E-state index in [1.165, 1.54) is 4.90 Å². The number of halogens is 1. The molecule has 1 N–H and O–H groups in total. The SMILES string of the molecule is CCCNC(=O)[C@H](C)N(Cc1ccc(OC)cc1)C(=O)CN(c1ccccc1Br)S(C)(=O)=O. The van der Waals surface area contributed by atoms with Crippen LogP contribution in [0.3, 0.4) is 0 Å². The fraction of sp³-hybridized carbons (Fsp3) is 0.391. The molecule has 0 radical (unpaired) electrons. The van der Waals surface area contributed by atoms with E-state index in [4.69, 9.17) is 4.74 Å². The third-order valence-electron chi connectivity index (χ3n) is 5.03. The Kier molecular flexibility index (Phi) is 9.72. The smallest absolute Gasteiger partial charge is 0.244 e. The highest BCUT2D eigenvalue weighted by Crippen LogP contribution is 2.28. The normalized spacial score (nSPS) is 12.0. The number of nitrogens with one attached hydrogen (secondary N) is 1. The third kappa shape index (κ3) is 7.46. The zero-order chi connectivity index (χ0) is 24.6. The first-order valence-electron chi connectivity index (χ1n) is 10.5. The first-order valence-corrected chi connectivity index (χ1v) is 13.1. The van der Waals surface area contributed by atoms with Gasteiger partial charge in [0.2, 0.25) is 21.8 Å². The maximum atomic E-state index is 13.4. The molecule has 1 atom stereocenters. The molecule has 0 aromatic heterocycles. The summed E-state index contributed by atoms with van der Waals surface area (Å²) in [5, 5.41) is 2.80. The van der Waals surface area contributed by atoms with Crippen LogP contribution >= 0.6 is 15.9 Å². The van der Waals surface area contributed by atoms with Crippen molar-refractivity contribution in [2.45, 2.75) is 32.9 Å². The van der Waals surface area contributed by atoms with Gasteiger partial charge < -0.3 is 15.0 Å². The maximum Gasteiger partial charge on any atom is 0.244 e. The molecule has 0 bridgehead atoms. The lowest BCUT2D eigenvalue weighted by molar-refractivity contribution is -0.139. The van der Waals surface area contributed by atoms with Crippen molar-refractivity contribution >= 4 is 43.5 Å². The highest BCUT2D eigenvalue weighted by Gasteiger charge is 2.30. The molecule has 0 aliphatic heterocycles. The minimum atomic E-state index is -3.77. The van der Waals surface area contributed by atoms with Gasteiger partial charge in [0.1, 0.15) is 18.3 Å². The van der Waals surface area contributed by atoms with E-state index in [-0.39, 0.29) is 12.5 Å². The summed E-state index contributed by atoms with van der Waals surface area (Å²) in [4.78, 5) is 27.5. The van der Waals surface area contributed by atoms with Crippen molar-refractivity contribution in [3.8, 4) is 5.75 Å². The molecule has 8 nitrogen and oxygen atoms in total. The number of anilines is 1. The number of hydrogen-bond acceptors (Lipinski definition) is 5. The van der Waals surface area contributed by atoms with Crippen LogP contribution in [-0.4, -0.2) is 57.6 Å². The van der Waals surface area contributed by atoms with E-state index >= 15 is 0 Å². The van der Waals surface area contributed by atoms with E-state index in [0.717, 1.165) is 22.5 Å². The molecule has 180 valence electrons. The lowest BCUT2D eigenvalue weighted by Crippen LogP contribution is -2.51. The van der Waals surface area contributed by atoms with Crippen molar-refractivity contribution in [2.24, 2.45) is 0 Å². The molecule has 2 aromatic carbocycles. The predicted molar refractivity (Wildman–Crippen MR) is 133 cm³/mol. The van der Waals surface area contributed by atoms with Crippen LogP contribution in [0.5, 0.6) is 5.75 Å². The fourth-order valence-electron chi connectivity index (χ4n) is 3.15. The van der Waals surface area contributed by atoms with Crippen LogP contribution in [0.1, 0.15) is 25.8 Å². The van der Waals surface area contributed by atoms with Gasteiger partial charge in [0, 0.05) is 17.6 Å². The summed E-state index contributed by atoms with van der Waals surface area (Å²) in [5.41, 5.74) is 1.13. The molecule has 0 heterocycles. The van der Waals surface area contributed by atoms with Gasteiger partial charge in [-0.25, -0.2) is 8.42 Å². The lowest BCUT2D eigenvalue weighted by Gasteiger charge is -2.31. The van der Waals surface area contributed by atoms with Crippen molar-refractivity contribution in [3.63, 3.8) is 0 Å². The van der Waals surface area contributed by atoms with Gasteiger partial charge in [-0.05, 0) is 59.1 Å². The van der Waals surface area contributed by atoms with Crippen LogP contribution in [0.4, 0.5) is 5.69 Å². The van der Waals surface area contributed by atoms with E-state index in [2.05, 4.69) is 21.2 Å². The number of para-hydroxylation sites is 1. The Balaban J connectivity index is 2.37. The first kappa shape index (κ1) is 26.7. The predicted octanol–water partition coefficient (Wildman–Crippen LogP) is 3.17. The molecule has 0 fully saturated rings. The molecular weight excluding hydrogens is 510 g/mol. The summed E-state index contributed by atoms with van der Waals surface area (Å²) in [6, 6.07) is 13.1. The van der Waals surface area contributed by atoms with Gasteiger partial charge in [-0.15, -0.1) is 0 Å². The quantitative estimate of drug-likeness (QED) is 0.473. The Bertz CT molecular complexity index is 1060. The number of carbonyl (C=O) groups excluding carboxylic acids is 2. The molecule has 0 unspecified atom stereocenters. The Labute approximate surface area is 204 Å². The van der Waals surface area contributed by atoms with Gasteiger partial charge in [0.25, 0.3) is 0 Å². The van der Waals surface area contributed by atoms with Crippen LogP contribution < -0.4 is 14.4 Å². The van der Waals surface area contributed by atoms with Crippen molar-refractivity contribution in [1.82, 2.24) is 10.2 Å². The standard InChI is InChI=1S/C23H30BrN3O5S/c1-5-14-25-23(29)17(2)26(15-18-10-12-19(32-3)13-11-18)22(28)16-27(33(4,30)31)21-9-7-6-8-20(21)24/h6-13,17H,5,14-16H2,1-4H3,(H,25,29)/t17-/m0/s1. The molecule has 0 saturated carbocycles. The molecule has 33 heavy (non-hydrogen) atoms. The second kappa shape index (κ2) is 12.0. The van der Waals surface area contributed by atoms with E-state index in [0.29, 0.717) is 22.5 Å². The first-order chi connectivity index (χ1) is 15.6. The Morgan fingerprint density at radius 2 is 1.76 bits per heavy atom. The van der Waals surface area contributed by atoms with E-state index < -0.39 is 28.5 Å². The van der Waals surface area contributed by atoms with Crippen molar-refractivity contribution in [1.29, 1.82) is 0 Å². The fourth-order valence-corrected chi connectivity index (χ4v) is 4.63. The molecule has 0 aliphatic carbocycles. The van der Waals surface area contributed by atoms with Crippen molar-refractivity contribution in [2.75, 3.05) is 30.8 Å². The van der Waals surface area contributed by atoms with Crippen LogP contribution in [0.2, 0.25) is 0 Å². The monoisotopic (exact) mass is 539 g/mol. The number of rotatable bonds is 11. The maximum absolute atomic E-state index is 13.4. The molecule has 2 aromatic rings. The second-order valence-corrected chi connectivity index (χ2v) is 10.3. The summed E-state index contributed by atoms with van der Waals surface area (Å²) in [5.74, 6) is -0.126. The molecular formula is C23H30BrN3O5S. The number of benzene rings is 2.